The summed E-state index contributed by atoms with van der Waals surface area (Å²) in [4.78, 5) is 26.5. The number of amides is 1. The van der Waals surface area contributed by atoms with Crippen LogP contribution in [0.25, 0.3) is 11.3 Å². The molecule has 0 radical (unpaired) electrons. The number of aromatic amines is 1. The Balaban J connectivity index is 1.82. The molecule has 0 bridgehead atoms. The standard InChI is InChI=1S/C18H20N4OS/c1-11-10-24-16(19-11)9-22(4)18(23)15-7-5-6-14(8-15)17-12(2)20-13(3)21-17/h5-8,10H,9H2,1-4H3,(H,20,21). The van der Waals surface area contributed by atoms with E-state index in [9.17, 15) is 4.79 Å². The van der Waals surface area contributed by atoms with Crippen LogP contribution in [0.5, 0.6) is 0 Å². The van der Waals surface area contributed by atoms with E-state index in [1.165, 1.54) is 0 Å². The molecule has 2 heterocycles. The van der Waals surface area contributed by atoms with Gasteiger partial charge in [0.25, 0.3) is 5.91 Å². The molecule has 5 nitrogen and oxygen atoms in total. The van der Waals surface area contributed by atoms with E-state index in [1.54, 1.807) is 23.3 Å². The second-order valence-electron chi connectivity index (χ2n) is 5.92. The Morgan fingerprint density at radius 1 is 1.25 bits per heavy atom. The zero-order chi connectivity index (χ0) is 17.3. The molecule has 0 saturated heterocycles. The lowest BCUT2D eigenvalue weighted by Gasteiger charge is -2.16. The van der Waals surface area contributed by atoms with Gasteiger partial charge >= 0.3 is 0 Å². The maximum atomic E-state index is 12.7. The van der Waals surface area contributed by atoms with Crippen molar-refractivity contribution < 1.29 is 4.79 Å². The van der Waals surface area contributed by atoms with Crippen molar-refractivity contribution in [3.63, 3.8) is 0 Å². The third-order valence-electron chi connectivity index (χ3n) is 3.77. The minimum absolute atomic E-state index is 0.0189. The van der Waals surface area contributed by atoms with Gasteiger partial charge in [0.15, 0.2) is 0 Å². The maximum Gasteiger partial charge on any atom is 0.253 e. The second kappa shape index (κ2) is 6.57. The van der Waals surface area contributed by atoms with Crippen LogP contribution in [0, 0.1) is 20.8 Å². The third kappa shape index (κ3) is 3.38. The monoisotopic (exact) mass is 340 g/mol. The Labute approximate surface area is 145 Å². The Hall–Kier alpha value is -2.47. The lowest BCUT2D eigenvalue weighted by Crippen LogP contribution is -2.26. The predicted octanol–water partition coefficient (Wildman–Crippen LogP) is 3.73. The summed E-state index contributed by atoms with van der Waals surface area (Å²) in [7, 11) is 1.80. The fourth-order valence-electron chi connectivity index (χ4n) is 2.66. The summed E-state index contributed by atoms with van der Waals surface area (Å²) in [6.07, 6.45) is 0. The number of rotatable bonds is 4. The number of H-pyrrole nitrogens is 1. The van der Waals surface area contributed by atoms with Crippen molar-refractivity contribution >= 4 is 17.2 Å². The van der Waals surface area contributed by atoms with Crippen molar-refractivity contribution in [2.75, 3.05) is 7.05 Å². The van der Waals surface area contributed by atoms with E-state index in [-0.39, 0.29) is 5.91 Å². The minimum atomic E-state index is -0.0189. The quantitative estimate of drug-likeness (QED) is 0.787. The number of thiazole rings is 1. The number of aromatic nitrogens is 3. The van der Waals surface area contributed by atoms with E-state index in [0.717, 1.165) is 33.5 Å². The molecule has 0 atom stereocenters. The predicted molar refractivity (Wildman–Crippen MR) is 96.1 cm³/mol. The molecule has 24 heavy (non-hydrogen) atoms. The molecular formula is C18H20N4OS. The molecule has 0 fully saturated rings. The first kappa shape index (κ1) is 16.4. The van der Waals surface area contributed by atoms with Crippen LogP contribution in [0.1, 0.15) is 32.6 Å². The van der Waals surface area contributed by atoms with E-state index < -0.39 is 0 Å². The Morgan fingerprint density at radius 2 is 2.04 bits per heavy atom. The van der Waals surface area contributed by atoms with Crippen LogP contribution in [-0.4, -0.2) is 32.8 Å². The molecule has 124 valence electrons. The molecule has 2 aromatic heterocycles. The molecule has 1 aromatic carbocycles. The molecule has 1 amide bonds. The zero-order valence-corrected chi connectivity index (χ0v) is 15.1. The van der Waals surface area contributed by atoms with Gasteiger partial charge in [0, 0.05) is 34.9 Å². The molecule has 0 aliphatic carbocycles. The number of carbonyl (C=O) groups excluding carboxylic acids is 1. The summed E-state index contributed by atoms with van der Waals surface area (Å²) < 4.78 is 0. The number of benzene rings is 1. The number of hydrogen-bond donors (Lipinski definition) is 1. The van der Waals surface area contributed by atoms with E-state index in [2.05, 4.69) is 15.0 Å². The summed E-state index contributed by atoms with van der Waals surface area (Å²) in [5.41, 5.74) is 4.48. The highest BCUT2D eigenvalue weighted by atomic mass is 32.1. The molecule has 0 aliphatic heterocycles. The van der Waals surface area contributed by atoms with Crippen LogP contribution < -0.4 is 0 Å². The van der Waals surface area contributed by atoms with Gasteiger partial charge in [-0.15, -0.1) is 11.3 Å². The van der Waals surface area contributed by atoms with Crippen molar-refractivity contribution in [2.45, 2.75) is 27.3 Å². The number of hydrogen-bond acceptors (Lipinski definition) is 4. The van der Waals surface area contributed by atoms with Gasteiger partial charge in [-0.1, -0.05) is 12.1 Å². The van der Waals surface area contributed by atoms with Crippen molar-refractivity contribution in [3.8, 4) is 11.3 Å². The highest BCUT2D eigenvalue weighted by molar-refractivity contribution is 7.09. The van der Waals surface area contributed by atoms with Crippen LogP contribution >= 0.6 is 11.3 Å². The summed E-state index contributed by atoms with van der Waals surface area (Å²) in [5, 5.41) is 2.94. The van der Waals surface area contributed by atoms with E-state index in [0.29, 0.717) is 12.1 Å². The Morgan fingerprint density at radius 3 is 2.67 bits per heavy atom. The number of imidazole rings is 1. The first-order valence-corrected chi connectivity index (χ1v) is 8.62. The van der Waals surface area contributed by atoms with Gasteiger partial charge < -0.3 is 9.88 Å². The van der Waals surface area contributed by atoms with Gasteiger partial charge in [-0.05, 0) is 32.9 Å². The topological polar surface area (TPSA) is 61.9 Å². The number of aryl methyl sites for hydroxylation is 3. The van der Waals surface area contributed by atoms with E-state index >= 15 is 0 Å². The zero-order valence-electron chi connectivity index (χ0n) is 14.3. The smallest absolute Gasteiger partial charge is 0.253 e. The van der Waals surface area contributed by atoms with Gasteiger partial charge in [-0.2, -0.15) is 0 Å². The highest BCUT2D eigenvalue weighted by Gasteiger charge is 2.15. The molecule has 0 unspecified atom stereocenters. The number of nitrogens with zero attached hydrogens (tertiary/aromatic N) is 3. The summed E-state index contributed by atoms with van der Waals surface area (Å²) in [5.74, 6) is 0.852. The molecule has 3 aromatic rings. The van der Waals surface area contributed by atoms with Crippen LogP contribution in [0.15, 0.2) is 29.6 Å². The van der Waals surface area contributed by atoms with E-state index in [4.69, 9.17) is 0 Å². The third-order valence-corrected chi connectivity index (χ3v) is 4.72. The minimum Gasteiger partial charge on any atom is -0.346 e. The molecular weight excluding hydrogens is 320 g/mol. The van der Waals surface area contributed by atoms with Gasteiger partial charge in [0.2, 0.25) is 0 Å². The van der Waals surface area contributed by atoms with Crippen molar-refractivity contribution in [1.29, 1.82) is 0 Å². The van der Waals surface area contributed by atoms with Crippen molar-refractivity contribution in [1.82, 2.24) is 19.9 Å². The number of carbonyl (C=O) groups is 1. The normalized spacial score (nSPS) is 10.8. The maximum absolute atomic E-state index is 12.7. The molecule has 6 heteroatoms. The van der Waals surface area contributed by atoms with Crippen LogP contribution in [-0.2, 0) is 6.54 Å². The highest BCUT2D eigenvalue weighted by Crippen LogP contribution is 2.23. The molecule has 0 spiro atoms. The van der Waals surface area contributed by atoms with Crippen molar-refractivity contribution in [3.05, 3.63) is 57.4 Å². The van der Waals surface area contributed by atoms with Gasteiger partial charge in [-0.25, -0.2) is 9.97 Å². The van der Waals surface area contributed by atoms with Crippen LogP contribution in [0.3, 0.4) is 0 Å². The molecule has 0 saturated carbocycles. The van der Waals surface area contributed by atoms with Crippen molar-refractivity contribution in [2.24, 2.45) is 0 Å². The Kier molecular flexibility index (Phi) is 4.49. The lowest BCUT2D eigenvalue weighted by molar-refractivity contribution is 0.0785. The summed E-state index contributed by atoms with van der Waals surface area (Å²) >= 11 is 1.58. The fourth-order valence-corrected chi connectivity index (χ4v) is 3.49. The Bertz CT molecular complexity index is 881. The van der Waals surface area contributed by atoms with Crippen LogP contribution in [0.2, 0.25) is 0 Å². The van der Waals surface area contributed by atoms with Gasteiger partial charge in [0.05, 0.1) is 12.2 Å². The molecule has 0 aliphatic rings. The average Bonchev–Trinajstić information content (AvgIpc) is 3.11. The SMILES string of the molecule is Cc1csc(CN(C)C(=O)c2cccc(-c3nc(C)[nH]c3C)c2)n1. The average molecular weight is 340 g/mol. The van der Waals surface area contributed by atoms with Gasteiger partial charge in [-0.3, -0.25) is 4.79 Å². The summed E-state index contributed by atoms with van der Waals surface area (Å²) in [6, 6.07) is 7.61. The van der Waals surface area contributed by atoms with Gasteiger partial charge in [0.1, 0.15) is 10.8 Å². The molecule has 3 rings (SSSR count). The fraction of sp³-hybridized carbons (Fsp3) is 0.278. The molecule has 1 N–H and O–H groups in total. The lowest BCUT2D eigenvalue weighted by atomic mass is 10.1. The summed E-state index contributed by atoms with van der Waals surface area (Å²) in [6.45, 7) is 6.39. The van der Waals surface area contributed by atoms with E-state index in [1.807, 2.05) is 50.4 Å². The number of nitrogens with one attached hydrogen (secondary N) is 1. The first-order valence-electron chi connectivity index (χ1n) is 7.74. The second-order valence-corrected chi connectivity index (χ2v) is 6.86. The first-order chi connectivity index (χ1) is 11.4. The van der Waals surface area contributed by atoms with Crippen LogP contribution in [0.4, 0.5) is 0 Å². The largest absolute Gasteiger partial charge is 0.346 e.